The number of halogens is 1. The SMILES string of the molecule is CN(CC#N)C(=O)C#CBr. The van der Waals surface area contributed by atoms with Gasteiger partial charge < -0.3 is 4.90 Å². The van der Waals surface area contributed by atoms with Gasteiger partial charge in [0.25, 0.3) is 5.91 Å². The Labute approximate surface area is 67.7 Å². The molecule has 0 unspecified atom stereocenters. The normalized spacial score (nSPS) is 6.90. The molecule has 1 amide bonds. The number of nitrogens with zero attached hydrogens (tertiary/aromatic N) is 2. The average Bonchev–Trinajstić information content (AvgIpc) is 1.89. The molecule has 10 heavy (non-hydrogen) atoms. The molecule has 0 aliphatic rings. The number of hydrogen-bond donors (Lipinski definition) is 0. The van der Waals surface area contributed by atoms with E-state index in [4.69, 9.17) is 5.26 Å². The lowest BCUT2D eigenvalue weighted by Gasteiger charge is -2.06. The molecule has 0 aromatic carbocycles. The summed E-state index contributed by atoms with van der Waals surface area (Å²) in [7, 11) is 1.52. The third-order valence-electron chi connectivity index (χ3n) is 0.809. The summed E-state index contributed by atoms with van der Waals surface area (Å²) in [5.74, 6) is 1.87. The quantitative estimate of drug-likeness (QED) is 0.453. The van der Waals surface area contributed by atoms with Crippen LogP contribution in [0, 0.1) is 22.1 Å². The van der Waals surface area contributed by atoms with Crippen molar-refractivity contribution in [2.75, 3.05) is 13.6 Å². The molecule has 3 nitrogen and oxygen atoms in total. The van der Waals surface area contributed by atoms with Crippen LogP contribution in [0.15, 0.2) is 0 Å². The molecule has 0 aliphatic carbocycles. The average molecular weight is 201 g/mol. The number of rotatable bonds is 1. The lowest BCUT2D eigenvalue weighted by atomic mass is 10.5. The summed E-state index contributed by atoms with van der Waals surface area (Å²) in [6, 6.07) is 1.83. The molecule has 0 bridgehead atoms. The van der Waals surface area contributed by atoms with E-state index in [0.717, 1.165) is 0 Å². The second-order valence-electron chi connectivity index (χ2n) is 1.54. The van der Waals surface area contributed by atoms with E-state index in [1.165, 1.54) is 11.9 Å². The maximum atomic E-state index is 10.7. The van der Waals surface area contributed by atoms with Crippen LogP contribution in [0.5, 0.6) is 0 Å². The van der Waals surface area contributed by atoms with Crippen LogP contribution in [0.4, 0.5) is 0 Å². The van der Waals surface area contributed by atoms with Crippen LogP contribution < -0.4 is 0 Å². The Kier molecular flexibility index (Phi) is 4.36. The molecule has 0 aliphatic heterocycles. The van der Waals surface area contributed by atoms with Crippen molar-refractivity contribution in [3.05, 3.63) is 0 Å². The van der Waals surface area contributed by atoms with Gasteiger partial charge in [0.15, 0.2) is 0 Å². The minimum Gasteiger partial charge on any atom is -0.322 e. The summed E-state index contributed by atoms with van der Waals surface area (Å²) in [6.07, 6.45) is 0. The van der Waals surface area contributed by atoms with E-state index < -0.39 is 0 Å². The summed E-state index contributed by atoms with van der Waals surface area (Å²) >= 11 is 2.78. The summed E-state index contributed by atoms with van der Waals surface area (Å²) in [5, 5.41) is 8.15. The predicted molar refractivity (Wildman–Crippen MR) is 40.0 cm³/mol. The first-order valence-electron chi connectivity index (χ1n) is 2.46. The Morgan fingerprint density at radius 1 is 1.80 bits per heavy atom. The Morgan fingerprint density at radius 2 is 2.40 bits per heavy atom. The van der Waals surface area contributed by atoms with Crippen LogP contribution in [0.25, 0.3) is 0 Å². The molecule has 0 N–H and O–H groups in total. The smallest absolute Gasteiger partial charge is 0.299 e. The van der Waals surface area contributed by atoms with Gasteiger partial charge >= 0.3 is 0 Å². The molecule has 0 saturated heterocycles. The highest BCUT2D eigenvalue weighted by molar-refractivity contribution is 9.12. The molecule has 0 rings (SSSR count). The van der Waals surface area contributed by atoms with E-state index in [1.807, 2.05) is 6.07 Å². The van der Waals surface area contributed by atoms with Crippen molar-refractivity contribution in [1.29, 1.82) is 5.26 Å². The third-order valence-corrected chi connectivity index (χ3v) is 1.01. The monoisotopic (exact) mass is 200 g/mol. The van der Waals surface area contributed by atoms with Gasteiger partial charge in [0.1, 0.15) is 6.54 Å². The maximum Gasteiger partial charge on any atom is 0.299 e. The Morgan fingerprint density at radius 3 is 2.80 bits per heavy atom. The fourth-order valence-electron chi connectivity index (χ4n) is 0.314. The largest absolute Gasteiger partial charge is 0.322 e. The molecule has 0 fully saturated rings. The molecule has 0 radical (unpaired) electrons. The van der Waals surface area contributed by atoms with Gasteiger partial charge in [-0.15, -0.1) is 0 Å². The van der Waals surface area contributed by atoms with Gasteiger partial charge in [-0.1, -0.05) is 0 Å². The highest BCUT2D eigenvalue weighted by Crippen LogP contribution is 1.81. The molecule has 0 saturated carbocycles. The van der Waals surface area contributed by atoms with E-state index in [2.05, 4.69) is 26.7 Å². The summed E-state index contributed by atoms with van der Waals surface area (Å²) in [5.41, 5.74) is 0. The van der Waals surface area contributed by atoms with E-state index in [-0.39, 0.29) is 12.5 Å². The molecule has 52 valence electrons. The Balaban J connectivity index is 3.93. The minimum absolute atomic E-state index is 0.0700. The number of carbonyl (C=O) groups excluding carboxylic acids is 1. The topological polar surface area (TPSA) is 44.1 Å². The second-order valence-corrected chi connectivity index (χ2v) is 1.94. The Bertz CT molecular complexity index is 220. The van der Waals surface area contributed by atoms with Crippen LogP contribution in [0.2, 0.25) is 0 Å². The zero-order valence-electron chi connectivity index (χ0n) is 5.39. The number of amides is 1. The van der Waals surface area contributed by atoms with Crippen molar-refractivity contribution in [2.24, 2.45) is 0 Å². The van der Waals surface area contributed by atoms with Crippen LogP contribution >= 0.6 is 15.9 Å². The highest BCUT2D eigenvalue weighted by Gasteiger charge is 2.01. The van der Waals surface area contributed by atoms with Gasteiger partial charge in [-0.25, -0.2) is 0 Å². The van der Waals surface area contributed by atoms with E-state index in [9.17, 15) is 4.79 Å². The molecule has 0 atom stereocenters. The van der Waals surface area contributed by atoms with E-state index >= 15 is 0 Å². The van der Waals surface area contributed by atoms with Crippen LogP contribution in [0.3, 0.4) is 0 Å². The predicted octanol–water partition coefficient (Wildman–Crippen LogP) is 0.324. The van der Waals surface area contributed by atoms with Crippen LogP contribution in [-0.2, 0) is 4.79 Å². The molecule has 0 spiro atoms. The second kappa shape index (κ2) is 4.84. The fraction of sp³-hybridized carbons (Fsp3) is 0.333. The Hall–Kier alpha value is -1.00. The van der Waals surface area contributed by atoms with Crippen molar-refractivity contribution < 1.29 is 4.79 Å². The summed E-state index contributed by atoms with van der Waals surface area (Å²) < 4.78 is 0. The highest BCUT2D eigenvalue weighted by atomic mass is 79.9. The summed E-state index contributed by atoms with van der Waals surface area (Å²) in [6.45, 7) is 0.0700. The summed E-state index contributed by atoms with van der Waals surface area (Å²) in [4.78, 5) is 14.2. The molecule has 0 aromatic heterocycles. The molecule has 4 heteroatoms. The molecular formula is C6H5BrN2O. The van der Waals surface area contributed by atoms with E-state index in [1.54, 1.807) is 0 Å². The first-order valence-corrected chi connectivity index (χ1v) is 3.25. The van der Waals surface area contributed by atoms with Gasteiger partial charge in [-0.05, 0) is 4.83 Å². The third kappa shape index (κ3) is 3.11. The fourth-order valence-corrected chi connectivity index (χ4v) is 0.483. The van der Waals surface area contributed by atoms with E-state index in [0.29, 0.717) is 0 Å². The zero-order valence-corrected chi connectivity index (χ0v) is 6.97. The van der Waals surface area contributed by atoms with Crippen molar-refractivity contribution in [2.45, 2.75) is 0 Å². The first kappa shape index (κ1) is 9.00. The molecular weight excluding hydrogens is 196 g/mol. The lowest BCUT2D eigenvalue weighted by molar-refractivity contribution is -0.123. The van der Waals surface area contributed by atoms with Crippen molar-refractivity contribution >= 4 is 21.8 Å². The van der Waals surface area contributed by atoms with Gasteiger partial charge in [-0.2, -0.15) is 5.26 Å². The van der Waals surface area contributed by atoms with Crippen LogP contribution in [-0.4, -0.2) is 24.4 Å². The van der Waals surface area contributed by atoms with Gasteiger partial charge in [0.2, 0.25) is 0 Å². The molecule has 0 heterocycles. The van der Waals surface area contributed by atoms with Crippen LogP contribution in [0.1, 0.15) is 0 Å². The maximum absolute atomic E-state index is 10.7. The zero-order chi connectivity index (χ0) is 7.98. The first-order chi connectivity index (χ1) is 4.72. The van der Waals surface area contributed by atoms with Gasteiger partial charge in [0.05, 0.1) is 6.07 Å². The van der Waals surface area contributed by atoms with Crippen molar-refractivity contribution in [1.82, 2.24) is 4.90 Å². The standard InChI is InChI=1S/C6H5BrN2O/c1-9(5-4-8)6(10)2-3-7/h5H2,1H3. The van der Waals surface area contributed by atoms with Crippen molar-refractivity contribution in [3.63, 3.8) is 0 Å². The minimum atomic E-state index is -0.363. The lowest BCUT2D eigenvalue weighted by Crippen LogP contribution is -2.25. The van der Waals surface area contributed by atoms with Crippen molar-refractivity contribution in [3.8, 4) is 16.8 Å². The van der Waals surface area contributed by atoms with Gasteiger partial charge in [0, 0.05) is 28.9 Å². The van der Waals surface area contributed by atoms with Gasteiger partial charge in [-0.3, -0.25) is 4.79 Å². The number of nitriles is 1. The number of carbonyl (C=O) groups is 1. The molecule has 0 aromatic rings. The number of hydrogen-bond acceptors (Lipinski definition) is 2.